The van der Waals surface area contributed by atoms with Gasteiger partial charge in [-0.25, -0.2) is 4.98 Å². The quantitative estimate of drug-likeness (QED) is 0.652. The standard InChI is InChI=1S/C18H21N5O3S/c24-16-13(7-11(9-21-16)8-14-17(25)22-18(26)27-14)12-1-2-15(20-10-12)23-5-3-19-4-6-23/h1-2,8,10-11,13,19H,3-7,9H2,(H,21,24)(H,22,25,26)/b14-8-. The van der Waals surface area contributed by atoms with Gasteiger partial charge in [0.1, 0.15) is 5.82 Å². The molecule has 3 N–H and O–H groups in total. The Morgan fingerprint density at radius 1 is 1.19 bits per heavy atom. The largest absolute Gasteiger partial charge is 0.355 e. The third-order valence-corrected chi connectivity index (χ3v) is 5.87. The number of rotatable bonds is 3. The van der Waals surface area contributed by atoms with E-state index >= 15 is 0 Å². The molecule has 0 radical (unpaired) electrons. The van der Waals surface area contributed by atoms with Crippen LogP contribution in [0.15, 0.2) is 29.3 Å². The minimum absolute atomic E-state index is 0.000282. The van der Waals surface area contributed by atoms with Crippen LogP contribution in [0.25, 0.3) is 0 Å². The Hall–Kier alpha value is -2.39. The zero-order valence-electron chi connectivity index (χ0n) is 14.7. The van der Waals surface area contributed by atoms with E-state index in [1.165, 1.54) is 0 Å². The third-order valence-electron chi connectivity index (χ3n) is 5.04. The van der Waals surface area contributed by atoms with E-state index in [1.807, 2.05) is 12.1 Å². The molecule has 3 fully saturated rings. The van der Waals surface area contributed by atoms with E-state index in [1.54, 1.807) is 12.3 Å². The number of amides is 3. The van der Waals surface area contributed by atoms with E-state index in [0.29, 0.717) is 17.9 Å². The van der Waals surface area contributed by atoms with E-state index in [-0.39, 0.29) is 28.9 Å². The second-order valence-electron chi connectivity index (χ2n) is 6.85. The smallest absolute Gasteiger partial charge is 0.290 e. The summed E-state index contributed by atoms with van der Waals surface area (Å²) in [5.41, 5.74) is 0.870. The highest BCUT2D eigenvalue weighted by molar-refractivity contribution is 8.18. The average molecular weight is 387 g/mol. The lowest BCUT2D eigenvalue weighted by Crippen LogP contribution is -2.44. The maximum Gasteiger partial charge on any atom is 0.290 e. The number of pyridine rings is 1. The van der Waals surface area contributed by atoms with Crippen LogP contribution in [0.4, 0.5) is 10.6 Å². The van der Waals surface area contributed by atoms with Gasteiger partial charge in [0, 0.05) is 38.9 Å². The molecule has 0 saturated carbocycles. The number of hydrogen-bond donors (Lipinski definition) is 3. The van der Waals surface area contributed by atoms with Gasteiger partial charge >= 0.3 is 0 Å². The molecule has 4 heterocycles. The van der Waals surface area contributed by atoms with Crippen LogP contribution in [-0.4, -0.2) is 54.8 Å². The molecule has 3 saturated heterocycles. The van der Waals surface area contributed by atoms with Crippen molar-refractivity contribution in [2.45, 2.75) is 12.3 Å². The summed E-state index contributed by atoms with van der Waals surface area (Å²) in [4.78, 5) is 42.6. The number of carbonyl (C=O) groups excluding carboxylic acids is 3. The summed E-state index contributed by atoms with van der Waals surface area (Å²) >= 11 is 0.909. The number of thioether (sulfide) groups is 1. The maximum atomic E-state index is 12.4. The van der Waals surface area contributed by atoms with Gasteiger partial charge in [-0.3, -0.25) is 19.7 Å². The van der Waals surface area contributed by atoms with Crippen LogP contribution in [0.5, 0.6) is 0 Å². The molecule has 4 rings (SSSR count). The van der Waals surface area contributed by atoms with Crippen LogP contribution in [0.1, 0.15) is 17.9 Å². The minimum Gasteiger partial charge on any atom is -0.355 e. The van der Waals surface area contributed by atoms with Gasteiger partial charge in [-0.1, -0.05) is 12.1 Å². The Bertz CT molecular complexity index is 789. The molecule has 0 spiro atoms. The van der Waals surface area contributed by atoms with Crippen LogP contribution >= 0.6 is 11.8 Å². The topological polar surface area (TPSA) is 103 Å². The van der Waals surface area contributed by atoms with E-state index in [4.69, 9.17) is 0 Å². The van der Waals surface area contributed by atoms with Crippen molar-refractivity contribution >= 4 is 34.6 Å². The molecule has 2 atom stereocenters. The van der Waals surface area contributed by atoms with Gasteiger partial charge in [0.25, 0.3) is 11.1 Å². The van der Waals surface area contributed by atoms with Gasteiger partial charge in [-0.05, 0) is 35.7 Å². The van der Waals surface area contributed by atoms with Crippen LogP contribution < -0.4 is 20.9 Å². The normalized spacial score (nSPS) is 27.6. The zero-order valence-corrected chi connectivity index (χ0v) is 15.6. The second kappa shape index (κ2) is 7.69. The predicted octanol–water partition coefficient (Wildman–Crippen LogP) is 0.578. The number of carbonyl (C=O) groups is 3. The lowest BCUT2D eigenvalue weighted by molar-refractivity contribution is -0.124. The molecule has 142 valence electrons. The van der Waals surface area contributed by atoms with Gasteiger partial charge in [0.05, 0.1) is 10.8 Å². The summed E-state index contributed by atoms with van der Waals surface area (Å²) in [6, 6.07) is 3.93. The Kier molecular flexibility index (Phi) is 5.13. The average Bonchev–Trinajstić information content (AvgIpc) is 3.01. The Morgan fingerprint density at radius 2 is 2.00 bits per heavy atom. The Morgan fingerprint density at radius 3 is 2.67 bits per heavy atom. The maximum absolute atomic E-state index is 12.4. The van der Waals surface area contributed by atoms with Crippen LogP contribution in [0.3, 0.4) is 0 Å². The predicted molar refractivity (Wildman–Crippen MR) is 102 cm³/mol. The Labute approximate surface area is 161 Å². The molecule has 3 aliphatic rings. The van der Waals surface area contributed by atoms with Crippen molar-refractivity contribution < 1.29 is 14.4 Å². The first-order valence-corrected chi connectivity index (χ1v) is 9.86. The van der Waals surface area contributed by atoms with E-state index in [2.05, 4.69) is 25.8 Å². The second-order valence-corrected chi connectivity index (χ2v) is 7.87. The monoisotopic (exact) mass is 387 g/mol. The fourth-order valence-corrected chi connectivity index (χ4v) is 4.34. The van der Waals surface area contributed by atoms with Crippen LogP contribution in [-0.2, 0) is 9.59 Å². The number of anilines is 1. The van der Waals surface area contributed by atoms with Crippen molar-refractivity contribution in [2.75, 3.05) is 37.6 Å². The third kappa shape index (κ3) is 3.98. The first kappa shape index (κ1) is 18.0. The number of hydrogen-bond acceptors (Lipinski definition) is 7. The van der Waals surface area contributed by atoms with E-state index in [9.17, 15) is 14.4 Å². The molecule has 0 aliphatic carbocycles. The number of imide groups is 1. The van der Waals surface area contributed by atoms with Crippen LogP contribution in [0.2, 0.25) is 0 Å². The summed E-state index contributed by atoms with van der Waals surface area (Å²) in [5.74, 6) is 0.226. The number of piperazine rings is 1. The van der Waals surface area contributed by atoms with Gasteiger partial charge in [0.15, 0.2) is 0 Å². The van der Waals surface area contributed by atoms with Gasteiger partial charge in [-0.2, -0.15) is 0 Å². The molecule has 0 bridgehead atoms. The molecular weight excluding hydrogens is 366 g/mol. The molecule has 2 unspecified atom stereocenters. The van der Waals surface area contributed by atoms with Crippen molar-refractivity contribution in [1.82, 2.24) is 20.9 Å². The molecule has 0 aromatic carbocycles. The van der Waals surface area contributed by atoms with Crippen molar-refractivity contribution in [3.63, 3.8) is 0 Å². The summed E-state index contributed by atoms with van der Waals surface area (Å²) < 4.78 is 0. The number of aromatic nitrogens is 1. The fraction of sp³-hybridized carbons (Fsp3) is 0.444. The first-order chi connectivity index (χ1) is 13.1. The number of piperidine rings is 1. The fourth-order valence-electron chi connectivity index (χ4n) is 3.60. The number of nitrogens with one attached hydrogen (secondary N) is 3. The summed E-state index contributed by atoms with van der Waals surface area (Å²) in [6.07, 6.45) is 4.16. The zero-order chi connectivity index (χ0) is 18.8. The molecule has 1 aromatic rings. The van der Waals surface area contributed by atoms with E-state index in [0.717, 1.165) is 49.3 Å². The first-order valence-electron chi connectivity index (χ1n) is 9.04. The highest BCUT2D eigenvalue weighted by Crippen LogP contribution is 2.32. The molecule has 3 amide bonds. The SMILES string of the molecule is O=C1NC(=O)/C(=C/C2CNC(=O)C(c3ccc(N4CCNCC4)nc3)C2)S1. The van der Waals surface area contributed by atoms with Gasteiger partial charge in [0.2, 0.25) is 5.91 Å². The minimum atomic E-state index is -0.361. The van der Waals surface area contributed by atoms with Crippen LogP contribution in [0, 0.1) is 5.92 Å². The lowest BCUT2D eigenvalue weighted by atomic mass is 9.85. The molecule has 9 heteroatoms. The molecule has 27 heavy (non-hydrogen) atoms. The van der Waals surface area contributed by atoms with Crippen molar-refractivity contribution in [3.05, 3.63) is 34.9 Å². The van der Waals surface area contributed by atoms with Crippen molar-refractivity contribution in [2.24, 2.45) is 5.92 Å². The van der Waals surface area contributed by atoms with Gasteiger partial charge in [-0.15, -0.1) is 0 Å². The van der Waals surface area contributed by atoms with Gasteiger partial charge < -0.3 is 15.5 Å². The highest BCUT2D eigenvalue weighted by atomic mass is 32.2. The Balaban J connectivity index is 1.47. The summed E-state index contributed by atoms with van der Waals surface area (Å²) in [6.45, 7) is 4.19. The van der Waals surface area contributed by atoms with E-state index < -0.39 is 0 Å². The summed E-state index contributed by atoms with van der Waals surface area (Å²) in [7, 11) is 0. The summed E-state index contributed by atoms with van der Waals surface area (Å²) in [5, 5.41) is 8.12. The number of nitrogens with zero attached hydrogens (tertiary/aromatic N) is 2. The highest BCUT2D eigenvalue weighted by Gasteiger charge is 2.32. The van der Waals surface area contributed by atoms with Crippen molar-refractivity contribution in [3.8, 4) is 0 Å². The van der Waals surface area contributed by atoms with Crippen molar-refractivity contribution in [1.29, 1.82) is 0 Å². The lowest BCUT2D eigenvalue weighted by Gasteiger charge is -2.30. The molecule has 3 aliphatic heterocycles. The molecule has 8 nitrogen and oxygen atoms in total. The molecule has 1 aromatic heterocycles. The molecular formula is C18H21N5O3S.